The molecule has 0 saturated carbocycles. The molecule has 0 radical (unpaired) electrons. The summed E-state index contributed by atoms with van der Waals surface area (Å²) in [5.74, 6) is 0.500. The highest BCUT2D eigenvalue weighted by Gasteiger charge is 2.28. The van der Waals surface area contributed by atoms with Gasteiger partial charge in [-0.3, -0.25) is 19.5 Å². The van der Waals surface area contributed by atoms with Gasteiger partial charge >= 0.3 is 0 Å². The Labute approximate surface area is 206 Å². The number of aromatic nitrogens is 4. The fourth-order valence-electron chi connectivity index (χ4n) is 4.50. The summed E-state index contributed by atoms with van der Waals surface area (Å²) >= 11 is 0. The fourth-order valence-corrected chi connectivity index (χ4v) is 4.50. The van der Waals surface area contributed by atoms with Crippen molar-refractivity contribution < 1.29 is 14.3 Å². The van der Waals surface area contributed by atoms with Gasteiger partial charge in [0.15, 0.2) is 5.82 Å². The zero-order valence-electron chi connectivity index (χ0n) is 19.7. The van der Waals surface area contributed by atoms with E-state index in [1.807, 2.05) is 35.4 Å². The normalized spacial score (nSPS) is 15.9. The molecular formula is C26H26N6O4. The number of aromatic amines is 3. The van der Waals surface area contributed by atoms with Crippen molar-refractivity contribution in [1.82, 2.24) is 25.1 Å². The third-order valence-corrected chi connectivity index (χ3v) is 6.32. The molecule has 4 aromatic rings. The number of H-pyrrole nitrogens is 3. The lowest BCUT2D eigenvalue weighted by Crippen LogP contribution is -2.37. The van der Waals surface area contributed by atoms with E-state index in [4.69, 9.17) is 4.74 Å². The Kier molecular flexibility index (Phi) is 6.40. The van der Waals surface area contributed by atoms with E-state index in [1.54, 1.807) is 19.3 Å². The summed E-state index contributed by atoms with van der Waals surface area (Å²) in [5, 5.41) is 10.8. The second-order valence-corrected chi connectivity index (χ2v) is 8.62. The lowest BCUT2D eigenvalue weighted by molar-refractivity contribution is -0.129. The van der Waals surface area contributed by atoms with Crippen LogP contribution in [0.1, 0.15) is 47.1 Å². The van der Waals surface area contributed by atoms with Gasteiger partial charge < -0.3 is 24.9 Å². The number of benzene rings is 1. The summed E-state index contributed by atoms with van der Waals surface area (Å²) in [7, 11) is 1.62. The molecule has 3 aromatic heterocycles. The molecule has 1 aliphatic heterocycles. The van der Waals surface area contributed by atoms with Crippen LogP contribution in [0.2, 0.25) is 0 Å². The number of nitrogens with zero attached hydrogens (tertiary/aromatic N) is 2. The molecule has 0 unspecified atom stereocenters. The molecule has 0 bridgehead atoms. The number of amides is 2. The predicted molar refractivity (Wildman–Crippen MR) is 136 cm³/mol. The van der Waals surface area contributed by atoms with Crippen LogP contribution >= 0.6 is 0 Å². The van der Waals surface area contributed by atoms with E-state index in [0.29, 0.717) is 12.4 Å². The first-order valence-electron chi connectivity index (χ1n) is 11.7. The van der Waals surface area contributed by atoms with Gasteiger partial charge in [-0.1, -0.05) is 6.07 Å². The van der Waals surface area contributed by atoms with E-state index in [-0.39, 0.29) is 23.2 Å². The molecule has 1 saturated heterocycles. The van der Waals surface area contributed by atoms with E-state index in [9.17, 15) is 14.4 Å². The van der Waals surface area contributed by atoms with Crippen LogP contribution in [0.4, 0.5) is 5.82 Å². The SMILES string of the molecule is COc1ccc2[nH]cc(/C=C/C(=O)N3CCCC[C@@H]3c3cc(NC(=O)c4cccc(=O)[nH]4)n[nH]3)c2c1. The minimum Gasteiger partial charge on any atom is -0.497 e. The number of likely N-dealkylation sites (tertiary alicyclic amines) is 1. The zero-order chi connectivity index (χ0) is 25.1. The molecule has 0 spiro atoms. The Balaban J connectivity index is 1.31. The average molecular weight is 487 g/mol. The number of anilines is 1. The van der Waals surface area contributed by atoms with Crippen LogP contribution in [-0.2, 0) is 4.79 Å². The summed E-state index contributed by atoms with van der Waals surface area (Å²) in [5.41, 5.74) is 2.38. The second-order valence-electron chi connectivity index (χ2n) is 8.62. The van der Waals surface area contributed by atoms with Gasteiger partial charge in [-0.25, -0.2) is 0 Å². The Morgan fingerprint density at radius 2 is 2.08 bits per heavy atom. The molecule has 1 aliphatic rings. The zero-order valence-corrected chi connectivity index (χ0v) is 19.7. The lowest BCUT2D eigenvalue weighted by atomic mass is 9.99. The number of carbonyl (C=O) groups is 2. The van der Waals surface area contributed by atoms with Crippen molar-refractivity contribution in [3.63, 3.8) is 0 Å². The third kappa shape index (κ3) is 4.78. The topological polar surface area (TPSA) is 136 Å². The van der Waals surface area contributed by atoms with Crippen LogP contribution in [0.15, 0.2) is 59.5 Å². The van der Waals surface area contributed by atoms with Crippen LogP contribution in [0.3, 0.4) is 0 Å². The monoisotopic (exact) mass is 486 g/mol. The van der Waals surface area contributed by atoms with Crippen molar-refractivity contribution in [1.29, 1.82) is 0 Å². The number of methoxy groups -OCH3 is 1. The van der Waals surface area contributed by atoms with Crippen molar-refractivity contribution in [3.8, 4) is 5.75 Å². The largest absolute Gasteiger partial charge is 0.497 e. The summed E-state index contributed by atoms with van der Waals surface area (Å²) in [6.07, 6.45) is 7.94. The Morgan fingerprint density at radius 1 is 1.19 bits per heavy atom. The second kappa shape index (κ2) is 9.95. The quantitative estimate of drug-likeness (QED) is 0.309. The van der Waals surface area contributed by atoms with Crippen LogP contribution < -0.4 is 15.6 Å². The van der Waals surface area contributed by atoms with Crippen molar-refractivity contribution in [3.05, 3.63) is 82.0 Å². The molecule has 4 N–H and O–H groups in total. The Morgan fingerprint density at radius 3 is 2.92 bits per heavy atom. The molecule has 2 amide bonds. The first-order valence-corrected chi connectivity index (χ1v) is 11.7. The van der Waals surface area contributed by atoms with Gasteiger partial charge in [-0.2, -0.15) is 5.10 Å². The van der Waals surface area contributed by atoms with Gasteiger partial charge in [-0.05, 0) is 49.6 Å². The van der Waals surface area contributed by atoms with Gasteiger partial charge in [-0.15, -0.1) is 0 Å². The van der Waals surface area contributed by atoms with E-state index < -0.39 is 5.91 Å². The van der Waals surface area contributed by atoms with Crippen LogP contribution in [-0.4, -0.2) is 50.5 Å². The van der Waals surface area contributed by atoms with Crippen LogP contribution in [0.25, 0.3) is 17.0 Å². The van der Waals surface area contributed by atoms with Crippen molar-refractivity contribution in [2.24, 2.45) is 0 Å². The number of ether oxygens (including phenoxy) is 1. The van der Waals surface area contributed by atoms with Gasteiger partial charge in [0, 0.05) is 47.4 Å². The lowest BCUT2D eigenvalue weighted by Gasteiger charge is -2.34. The summed E-state index contributed by atoms with van der Waals surface area (Å²) < 4.78 is 5.32. The van der Waals surface area contributed by atoms with Crippen LogP contribution in [0.5, 0.6) is 5.75 Å². The molecule has 36 heavy (non-hydrogen) atoms. The third-order valence-electron chi connectivity index (χ3n) is 6.32. The number of carbonyl (C=O) groups excluding carboxylic acids is 2. The number of pyridine rings is 1. The minimum atomic E-state index is -0.472. The minimum absolute atomic E-state index is 0.0982. The number of hydrogen-bond donors (Lipinski definition) is 4. The molecule has 0 aliphatic carbocycles. The summed E-state index contributed by atoms with van der Waals surface area (Å²) in [4.78, 5) is 44.6. The molecule has 1 atom stereocenters. The van der Waals surface area contributed by atoms with E-state index >= 15 is 0 Å². The number of rotatable bonds is 6. The smallest absolute Gasteiger partial charge is 0.273 e. The maximum Gasteiger partial charge on any atom is 0.273 e. The molecule has 10 nitrogen and oxygen atoms in total. The highest BCUT2D eigenvalue weighted by molar-refractivity contribution is 6.02. The highest BCUT2D eigenvalue weighted by atomic mass is 16.5. The van der Waals surface area contributed by atoms with Crippen molar-refractivity contribution in [2.45, 2.75) is 25.3 Å². The predicted octanol–water partition coefficient (Wildman–Crippen LogP) is 3.61. The molecule has 4 heterocycles. The highest BCUT2D eigenvalue weighted by Crippen LogP contribution is 2.31. The molecular weight excluding hydrogens is 460 g/mol. The standard InChI is InChI=1S/C26H26N6O4/c1-36-17-9-10-19-18(13-17)16(15-27-19)8-11-25(34)32-12-3-2-6-22(32)21-14-23(31-30-21)29-26(35)20-5-4-7-24(33)28-20/h4-5,7-11,13-15,22,27H,2-3,6,12H2,1H3,(H,28,33)(H2,29,30,31,35)/b11-8+/t22-/m1/s1. The number of fused-ring (bicyclic) bond motifs is 1. The first-order chi connectivity index (χ1) is 17.5. The summed E-state index contributed by atoms with van der Waals surface area (Å²) in [6, 6.07) is 11.7. The molecule has 1 aromatic carbocycles. The number of nitrogens with one attached hydrogen (secondary N) is 4. The maximum absolute atomic E-state index is 13.2. The van der Waals surface area contributed by atoms with Crippen molar-refractivity contribution >= 4 is 34.6 Å². The average Bonchev–Trinajstić information content (AvgIpc) is 3.53. The van der Waals surface area contributed by atoms with E-state index in [0.717, 1.165) is 47.2 Å². The number of hydrogen-bond acceptors (Lipinski definition) is 5. The molecule has 5 rings (SSSR count). The Hall–Kier alpha value is -4.60. The van der Waals surface area contributed by atoms with Gasteiger partial charge in [0.2, 0.25) is 11.5 Å². The maximum atomic E-state index is 13.2. The van der Waals surface area contributed by atoms with E-state index in [2.05, 4.69) is 25.5 Å². The fraction of sp³-hybridized carbons (Fsp3) is 0.231. The van der Waals surface area contributed by atoms with Crippen molar-refractivity contribution in [2.75, 3.05) is 19.0 Å². The first kappa shape index (κ1) is 23.2. The molecule has 10 heteroatoms. The summed E-state index contributed by atoms with van der Waals surface area (Å²) in [6.45, 7) is 0.627. The van der Waals surface area contributed by atoms with Gasteiger partial charge in [0.25, 0.3) is 5.91 Å². The van der Waals surface area contributed by atoms with Crippen LogP contribution in [0, 0.1) is 0 Å². The van der Waals surface area contributed by atoms with E-state index in [1.165, 1.54) is 18.2 Å². The Bertz CT molecular complexity index is 1500. The molecule has 1 fully saturated rings. The molecule has 184 valence electrons. The van der Waals surface area contributed by atoms with Gasteiger partial charge in [0.05, 0.1) is 18.8 Å². The number of piperidine rings is 1. The van der Waals surface area contributed by atoms with Gasteiger partial charge in [0.1, 0.15) is 11.4 Å².